The van der Waals surface area contributed by atoms with E-state index in [1.165, 1.54) is 11.1 Å². The zero-order valence-electron chi connectivity index (χ0n) is 18.0. The molecule has 166 valence electrons. The number of guanidine groups is 1. The highest BCUT2D eigenvalue weighted by atomic mass is 127. The minimum Gasteiger partial charge on any atom is -0.396 e. The SMILES string of the molecule is CCCC(CCO)CNC(=NCc1ccccc1CN1CCOCC1)NCC.I. The Morgan fingerprint density at radius 3 is 2.52 bits per heavy atom. The van der Waals surface area contributed by atoms with Gasteiger partial charge in [-0.2, -0.15) is 0 Å². The largest absolute Gasteiger partial charge is 0.396 e. The molecule has 7 heteroatoms. The molecule has 0 radical (unpaired) electrons. The van der Waals surface area contributed by atoms with E-state index in [4.69, 9.17) is 9.73 Å². The number of rotatable bonds is 11. The van der Waals surface area contributed by atoms with Gasteiger partial charge in [-0.15, -0.1) is 24.0 Å². The van der Waals surface area contributed by atoms with Crippen LogP contribution in [-0.2, 0) is 17.8 Å². The first-order valence-electron chi connectivity index (χ1n) is 10.8. The number of benzene rings is 1. The fraction of sp³-hybridized carbons (Fsp3) is 0.682. The summed E-state index contributed by atoms with van der Waals surface area (Å²) < 4.78 is 5.46. The molecular weight excluding hydrogens is 479 g/mol. The molecule has 3 N–H and O–H groups in total. The number of aliphatic hydroxyl groups is 1. The van der Waals surface area contributed by atoms with Crippen LogP contribution in [0.3, 0.4) is 0 Å². The molecule has 0 aromatic heterocycles. The van der Waals surface area contributed by atoms with Gasteiger partial charge in [-0.05, 0) is 36.8 Å². The van der Waals surface area contributed by atoms with E-state index in [-0.39, 0.29) is 30.6 Å². The van der Waals surface area contributed by atoms with E-state index in [0.717, 1.165) is 71.2 Å². The molecule has 1 atom stereocenters. The molecule has 29 heavy (non-hydrogen) atoms. The first-order chi connectivity index (χ1) is 13.8. The van der Waals surface area contributed by atoms with Crippen LogP contribution in [0.15, 0.2) is 29.3 Å². The highest BCUT2D eigenvalue weighted by Gasteiger charge is 2.13. The van der Waals surface area contributed by atoms with Crippen molar-refractivity contribution in [3.8, 4) is 0 Å². The molecule has 1 heterocycles. The lowest BCUT2D eigenvalue weighted by Gasteiger charge is -2.27. The summed E-state index contributed by atoms with van der Waals surface area (Å²) in [5, 5.41) is 16.1. The van der Waals surface area contributed by atoms with Crippen LogP contribution in [-0.4, -0.2) is 62.0 Å². The Labute approximate surface area is 193 Å². The van der Waals surface area contributed by atoms with E-state index in [1.54, 1.807) is 0 Å². The molecule has 1 aliphatic heterocycles. The molecule has 1 unspecified atom stereocenters. The average Bonchev–Trinajstić information content (AvgIpc) is 2.72. The Bertz CT molecular complexity index is 574. The summed E-state index contributed by atoms with van der Waals surface area (Å²) in [5.74, 6) is 1.33. The fourth-order valence-electron chi connectivity index (χ4n) is 3.55. The van der Waals surface area contributed by atoms with Gasteiger partial charge in [0.25, 0.3) is 0 Å². The lowest BCUT2D eigenvalue weighted by molar-refractivity contribution is 0.0341. The molecule has 0 aliphatic carbocycles. The monoisotopic (exact) mass is 518 g/mol. The van der Waals surface area contributed by atoms with E-state index in [0.29, 0.717) is 12.5 Å². The van der Waals surface area contributed by atoms with E-state index in [2.05, 4.69) is 53.6 Å². The summed E-state index contributed by atoms with van der Waals surface area (Å²) in [6.07, 6.45) is 3.09. The number of nitrogens with one attached hydrogen (secondary N) is 2. The lowest BCUT2D eigenvalue weighted by Crippen LogP contribution is -2.40. The van der Waals surface area contributed by atoms with Crippen molar-refractivity contribution >= 4 is 29.9 Å². The average molecular weight is 518 g/mol. The van der Waals surface area contributed by atoms with Gasteiger partial charge in [-0.1, -0.05) is 37.6 Å². The van der Waals surface area contributed by atoms with Gasteiger partial charge in [0.15, 0.2) is 5.96 Å². The Kier molecular flexibility index (Phi) is 14.3. The summed E-state index contributed by atoms with van der Waals surface area (Å²) in [7, 11) is 0. The Morgan fingerprint density at radius 1 is 1.14 bits per heavy atom. The number of hydrogen-bond donors (Lipinski definition) is 3. The van der Waals surface area contributed by atoms with Gasteiger partial charge in [0.05, 0.1) is 19.8 Å². The van der Waals surface area contributed by atoms with Crippen LogP contribution in [0.2, 0.25) is 0 Å². The van der Waals surface area contributed by atoms with Crippen LogP contribution in [0.5, 0.6) is 0 Å². The maximum atomic E-state index is 9.26. The topological polar surface area (TPSA) is 69.1 Å². The molecule has 2 rings (SSSR count). The molecule has 1 aromatic rings. The number of ether oxygens (including phenoxy) is 1. The van der Waals surface area contributed by atoms with Crippen molar-refractivity contribution in [1.29, 1.82) is 0 Å². The van der Waals surface area contributed by atoms with Crippen LogP contribution in [0, 0.1) is 5.92 Å². The molecule has 0 amide bonds. The smallest absolute Gasteiger partial charge is 0.191 e. The van der Waals surface area contributed by atoms with Crippen LogP contribution < -0.4 is 10.6 Å². The number of aliphatic imine (C=N–C) groups is 1. The zero-order chi connectivity index (χ0) is 20.0. The second-order valence-corrected chi connectivity index (χ2v) is 7.40. The predicted octanol–water partition coefficient (Wildman–Crippen LogP) is 2.99. The molecule has 1 fully saturated rings. The molecule has 6 nitrogen and oxygen atoms in total. The predicted molar refractivity (Wildman–Crippen MR) is 131 cm³/mol. The molecule has 0 spiro atoms. The maximum absolute atomic E-state index is 9.26. The summed E-state index contributed by atoms with van der Waals surface area (Å²) in [6.45, 7) is 11.4. The van der Waals surface area contributed by atoms with E-state index < -0.39 is 0 Å². The number of aliphatic hydroxyl groups excluding tert-OH is 1. The van der Waals surface area contributed by atoms with Gasteiger partial charge >= 0.3 is 0 Å². The third-order valence-electron chi connectivity index (χ3n) is 5.16. The van der Waals surface area contributed by atoms with Gasteiger partial charge in [0.1, 0.15) is 0 Å². The summed E-state index contributed by atoms with van der Waals surface area (Å²) in [6, 6.07) is 8.58. The summed E-state index contributed by atoms with van der Waals surface area (Å²) in [4.78, 5) is 7.26. The standard InChI is InChI=1S/C22H38N4O2.HI/c1-3-7-19(10-13-27)16-24-22(23-4-2)25-17-20-8-5-6-9-21(20)18-26-11-14-28-15-12-26;/h5-6,8-9,19,27H,3-4,7,10-18H2,1-2H3,(H2,23,24,25);1H. The molecule has 1 saturated heterocycles. The second kappa shape index (κ2) is 15.9. The Balaban J connectivity index is 0.00000420. The van der Waals surface area contributed by atoms with Gasteiger partial charge < -0.3 is 20.5 Å². The van der Waals surface area contributed by atoms with Gasteiger partial charge in [-0.3, -0.25) is 4.90 Å². The quantitative estimate of drug-likeness (QED) is 0.239. The number of hydrogen-bond acceptors (Lipinski definition) is 4. The van der Waals surface area contributed by atoms with E-state index in [1.807, 2.05) is 0 Å². The zero-order valence-corrected chi connectivity index (χ0v) is 20.4. The molecule has 0 saturated carbocycles. The molecule has 1 aromatic carbocycles. The Morgan fingerprint density at radius 2 is 1.86 bits per heavy atom. The van der Waals surface area contributed by atoms with Crippen molar-refractivity contribution in [2.45, 2.75) is 46.2 Å². The highest BCUT2D eigenvalue weighted by molar-refractivity contribution is 14.0. The van der Waals surface area contributed by atoms with Gasteiger partial charge in [0, 0.05) is 39.3 Å². The summed E-state index contributed by atoms with van der Waals surface area (Å²) >= 11 is 0. The van der Waals surface area contributed by atoms with Crippen LogP contribution in [0.25, 0.3) is 0 Å². The third-order valence-corrected chi connectivity index (χ3v) is 5.16. The number of nitrogens with zero attached hydrogens (tertiary/aromatic N) is 2. The van der Waals surface area contributed by atoms with E-state index in [9.17, 15) is 5.11 Å². The van der Waals surface area contributed by atoms with Crippen molar-refractivity contribution in [2.24, 2.45) is 10.9 Å². The highest BCUT2D eigenvalue weighted by Crippen LogP contribution is 2.14. The van der Waals surface area contributed by atoms with Crippen LogP contribution in [0.1, 0.15) is 44.2 Å². The van der Waals surface area contributed by atoms with Crippen molar-refractivity contribution in [3.63, 3.8) is 0 Å². The molecular formula is C22H39IN4O2. The second-order valence-electron chi connectivity index (χ2n) is 7.40. The van der Waals surface area contributed by atoms with Crippen molar-refractivity contribution < 1.29 is 9.84 Å². The van der Waals surface area contributed by atoms with Crippen molar-refractivity contribution in [2.75, 3.05) is 46.0 Å². The van der Waals surface area contributed by atoms with Gasteiger partial charge in [0.2, 0.25) is 0 Å². The minimum atomic E-state index is 0. The van der Waals surface area contributed by atoms with Crippen molar-refractivity contribution in [1.82, 2.24) is 15.5 Å². The van der Waals surface area contributed by atoms with E-state index >= 15 is 0 Å². The number of morpholine rings is 1. The number of halogens is 1. The fourth-order valence-corrected chi connectivity index (χ4v) is 3.55. The first kappa shape index (κ1) is 26.1. The lowest BCUT2D eigenvalue weighted by atomic mass is 10.0. The minimum absolute atomic E-state index is 0. The van der Waals surface area contributed by atoms with Gasteiger partial charge in [-0.25, -0.2) is 4.99 Å². The maximum Gasteiger partial charge on any atom is 0.191 e. The molecule has 0 bridgehead atoms. The van der Waals surface area contributed by atoms with Crippen LogP contribution >= 0.6 is 24.0 Å². The summed E-state index contributed by atoms with van der Waals surface area (Å²) in [5.41, 5.74) is 2.61. The molecule has 1 aliphatic rings. The van der Waals surface area contributed by atoms with Crippen molar-refractivity contribution in [3.05, 3.63) is 35.4 Å². The van der Waals surface area contributed by atoms with Crippen LogP contribution in [0.4, 0.5) is 0 Å². The third kappa shape index (κ3) is 10.1. The first-order valence-corrected chi connectivity index (χ1v) is 10.8. The normalized spacial score (nSPS) is 16.2. The Hall–Kier alpha value is -0.900.